The monoisotopic (exact) mass is 252 g/mol. The summed E-state index contributed by atoms with van der Waals surface area (Å²) in [5.41, 5.74) is 0.751. The molecule has 0 saturated heterocycles. The fourth-order valence-corrected chi connectivity index (χ4v) is 3.56. The molecule has 0 atom stereocenters. The lowest BCUT2D eigenvalue weighted by Crippen LogP contribution is -2.11. The molecule has 16 heavy (non-hydrogen) atoms. The van der Waals surface area contributed by atoms with Crippen LogP contribution in [0.3, 0.4) is 0 Å². The SMILES string of the molecule is O=C(SC1CCCCC1)c1ccccc1S. The van der Waals surface area contributed by atoms with Crippen molar-refractivity contribution in [3.05, 3.63) is 29.8 Å². The van der Waals surface area contributed by atoms with Gasteiger partial charge in [0.05, 0.1) is 0 Å². The molecule has 2 rings (SSSR count). The van der Waals surface area contributed by atoms with E-state index in [1.165, 1.54) is 43.9 Å². The third-order valence-corrected chi connectivity index (χ3v) is 4.58. The van der Waals surface area contributed by atoms with Crippen LogP contribution in [0, 0.1) is 0 Å². The van der Waals surface area contributed by atoms with Crippen LogP contribution in [0.1, 0.15) is 42.5 Å². The number of thiol groups is 1. The molecule has 1 aromatic rings. The van der Waals surface area contributed by atoms with Crippen molar-refractivity contribution in [3.8, 4) is 0 Å². The van der Waals surface area contributed by atoms with E-state index in [9.17, 15) is 4.79 Å². The second-order valence-corrected chi connectivity index (χ2v) is 5.94. The molecule has 0 bridgehead atoms. The summed E-state index contributed by atoms with van der Waals surface area (Å²) >= 11 is 5.82. The number of carbonyl (C=O) groups excluding carboxylic acids is 1. The third kappa shape index (κ3) is 3.05. The fraction of sp³-hybridized carbons (Fsp3) is 0.462. The third-order valence-electron chi connectivity index (χ3n) is 2.95. The molecule has 0 aliphatic heterocycles. The predicted octanol–water partition coefficient (Wildman–Crippen LogP) is 4.18. The highest BCUT2D eigenvalue weighted by Crippen LogP contribution is 2.31. The van der Waals surface area contributed by atoms with E-state index in [1.54, 1.807) is 0 Å². The lowest BCUT2D eigenvalue weighted by molar-refractivity contribution is 0.108. The minimum Gasteiger partial charge on any atom is -0.282 e. The van der Waals surface area contributed by atoms with Gasteiger partial charge in [-0.1, -0.05) is 43.2 Å². The molecule has 0 spiro atoms. The molecule has 0 unspecified atom stereocenters. The maximum Gasteiger partial charge on any atom is 0.220 e. The summed E-state index contributed by atoms with van der Waals surface area (Å²) in [4.78, 5) is 12.8. The number of rotatable bonds is 2. The number of hydrogen-bond acceptors (Lipinski definition) is 3. The van der Waals surface area contributed by atoms with Crippen LogP contribution < -0.4 is 0 Å². The van der Waals surface area contributed by atoms with E-state index in [-0.39, 0.29) is 5.12 Å². The van der Waals surface area contributed by atoms with Crippen molar-refractivity contribution in [2.24, 2.45) is 0 Å². The molecule has 3 heteroatoms. The second kappa shape index (κ2) is 5.78. The molecule has 0 amide bonds. The highest BCUT2D eigenvalue weighted by atomic mass is 32.2. The van der Waals surface area contributed by atoms with Crippen LogP contribution in [0.15, 0.2) is 29.2 Å². The topological polar surface area (TPSA) is 17.1 Å². The molecule has 0 aromatic heterocycles. The van der Waals surface area contributed by atoms with E-state index in [0.717, 1.165) is 10.5 Å². The Labute approximate surface area is 106 Å². The maximum atomic E-state index is 12.0. The Morgan fingerprint density at radius 3 is 2.56 bits per heavy atom. The summed E-state index contributed by atoms with van der Waals surface area (Å²) in [6, 6.07) is 7.54. The standard InChI is InChI=1S/C13H16OS2/c14-13(11-8-4-5-9-12(11)15)16-10-6-2-1-3-7-10/h4-5,8-10,15H,1-3,6-7H2. The van der Waals surface area contributed by atoms with E-state index in [0.29, 0.717) is 5.25 Å². The fourth-order valence-electron chi connectivity index (χ4n) is 2.04. The molecular formula is C13H16OS2. The van der Waals surface area contributed by atoms with E-state index in [4.69, 9.17) is 0 Å². The molecule has 0 heterocycles. The first-order valence-corrected chi connectivity index (χ1v) is 7.09. The van der Waals surface area contributed by atoms with Crippen LogP contribution in [0.5, 0.6) is 0 Å². The summed E-state index contributed by atoms with van der Waals surface area (Å²) in [5.74, 6) is 0. The van der Waals surface area contributed by atoms with Crippen molar-refractivity contribution in [2.45, 2.75) is 42.2 Å². The van der Waals surface area contributed by atoms with Crippen LogP contribution in [-0.2, 0) is 0 Å². The van der Waals surface area contributed by atoms with Crippen molar-refractivity contribution >= 4 is 29.5 Å². The molecule has 1 aliphatic rings. The van der Waals surface area contributed by atoms with Gasteiger partial charge in [-0.15, -0.1) is 12.6 Å². The zero-order chi connectivity index (χ0) is 11.4. The van der Waals surface area contributed by atoms with Gasteiger partial charge in [0, 0.05) is 15.7 Å². The first-order valence-electron chi connectivity index (χ1n) is 5.76. The zero-order valence-corrected chi connectivity index (χ0v) is 10.9. The van der Waals surface area contributed by atoms with Crippen molar-refractivity contribution in [2.75, 3.05) is 0 Å². The van der Waals surface area contributed by atoms with Gasteiger partial charge in [0.25, 0.3) is 0 Å². The van der Waals surface area contributed by atoms with E-state index >= 15 is 0 Å². The Kier molecular flexibility index (Phi) is 4.36. The van der Waals surface area contributed by atoms with Gasteiger partial charge < -0.3 is 0 Å². The summed E-state index contributed by atoms with van der Waals surface area (Å²) in [6.07, 6.45) is 6.24. The number of carbonyl (C=O) groups is 1. The van der Waals surface area contributed by atoms with Gasteiger partial charge in [-0.25, -0.2) is 0 Å². The van der Waals surface area contributed by atoms with Crippen LogP contribution in [0.4, 0.5) is 0 Å². The van der Waals surface area contributed by atoms with Crippen molar-refractivity contribution in [1.29, 1.82) is 0 Å². The van der Waals surface area contributed by atoms with E-state index in [1.807, 2.05) is 24.3 Å². The van der Waals surface area contributed by atoms with Crippen molar-refractivity contribution < 1.29 is 4.79 Å². The molecule has 0 N–H and O–H groups in total. The van der Waals surface area contributed by atoms with Crippen LogP contribution in [0.2, 0.25) is 0 Å². The average Bonchev–Trinajstić information content (AvgIpc) is 2.31. The Bertz CT molecular complexity index is 370. The molecule has 1 aliphatic carbocycles. The predicted molar refractivity (Wildman–Crippen MR) is 72.5 cm³/mol. The van der Waals surface area contributed by atoms with Gasteiger partial charge >= 0.3 is 0 Å². The smallest absolute Gasteiger partial charge is 0.220 e. The van der Waals surface area contributed by atoms with Crippen molar-refractivity contribution in [1.82, 2.24) is 0 Å². The summed E-state index contributed by atoms with van der Waals surface area (Å²) in [6.45, 7) is 0. The molecule has 0 radical (unpaired) electrons. The lowest BCUT2D eigenvalue weighted by Gasteiger charge is -2.20. The molecule has 1 fully saturated rings. The quantitative estimate of drug-likeness (QED) is 0.795. The minimum atomic E-state index is 0.178. The summed E-state index contributed by atoms with van der Waals surface area (Å²) in [5, 5.41) is 0.701. The summed E-state index contributed by atoms with van der Waals surface area (Å²) in [7, 11) is 0. The number of thioether (sulfide) groups is 1. The normalized spacial score (nSPS) is 17.3. The maximum absolute atomic E-state index is 12.0. The van der Waals surface area contributed by atoms with Gasteiger partial charge in [0.15, 0.2) is 0 Å². The van der Waals surface area contributed by atoms with Crippen LogP contribution >= 0.6 is 24.4 Å². The Morgan fingerprint density at radius 2 is 1.88 bits per heavy atom. The molecule has 1 nitrogen and oxygen atoms in total. The van der Waals surface area contributed by atoms with Gasteiger partial charge in [0.1, 0.15) is 0 Å². The second-order valence-electron chi connectivity index (χ2n) is 4.18. The van der Waals surface area contributed by atoms with Gasteiger partial charge in [-0.05, 0) is 25.0 Å². The Hall–Kier alpha value is -0.410. The molecule has 1 aromatic carbocycles. The van der Waals surface area contributed by atoms with Gasteiger partial charge in [-0.3, -0.25) is 4.79 Å². The summed E-state index contributed by atoms with van der Waals surface area (Å²) < 4.78 is 0. The van der Waals surface area contributed by atoms with Gasteiger partial charge in [-0.2, -0.15) is 0 Å². The first kappa shape index (κ1) is 12.1. The van der Waals surface area contributed by atoms with Gasteiger partial charge in [0.2, 0.25) is 5.12 Å². The zero-order valence-electron chi connectivity index (χ0n) is 9.19. The average molecular weight is 252 g/mol. The molecule has 1 saturated carbocycles. The Morgan fingerprint density at radius 1 is 1.19 bits per heavy atom. The highest BCUT2D eigenvalue weighted by Gasteiger charge is 2.19. The lowest BCUT2D eigenvalue weighted by atomic mass is 10.0. The van der Waals surface area contributed by atoms with Crippen LogP contribution in [-0.4, -0.2) is 10.4 Å². The molecule has 86 valence electrons. The first-order chi connectivity index (χ1) is 7.77. The largest absolute Gasteiger partial charge is 0.282 e. The Balaban J connectivity index is 2.00. The van der Waals surface area contributed by atoms with Crippen molar-refractivity contribution in [3.63, 3.8) is 0 Å². The van der Waals surface area contributed by atoms with Crippen LogP contribution in [0.25, 0.3) is 0 Å². The van der Waals surface area contributed by atoms with E-state index in [2.05, 4.69) is 12.6 Å². The van der Waals surface area contributed by atoms with E-state index < -0.39 is 0 Å². The highest BCUT2D eigenvalue weighted by molar-refractivity contribution is 8.14. The minimum absolute atomic E-state index is 0.178. The number of hydrogen-bond donors (Lipinski definition) is 1. The number of benzene rings is 1. The molecular weight excluding hydrogens is 236 g/mol.